The summed E-state index contributed by atoms with van der Waals surface area (Å²) in [6.07, 6.45) is 3.22. The van der Waals surface area contributed by atoms with E-state index >= 15 is 0 Å². The van der Waals surface area contributed by atoms with E-state index in [0.29, 0.717) is 34.1 Å². The fraction of sp³-hybridized carbons (Fsp3) is 0.154. The van der Waals surface area contributed by atoms with Gasteiger partial charge in [0.1, 0.15) is 16.2 Å². The molecule has 0 atom stereocenters. The summed E-state index contributed by atoms with van der Waals surface area (Å²) in [6.45, 7) is 4.23. The van der Waals surface area contributed by atoms with Crippen LogP contribution in [-0.2, 0) is 9.53 Å². The zero-order valence-corrected chi connectivity index (χ0v) is 19.3. The number of thiophene rings is 1. The zero-order chi connectivity index (χ0) is 23.4. The van der Waals surface area contributed by atoms with Crippen molar-refractivity contribution in [2.45, 2.75) is 13.8 Å². The number of hydrogen-bond donors (Lipinski definition) is 1. The second-order valence-electron chi connectivity index (χ2n) is 7.26. The molecule has 168 valence electrons. The number of allylic oxidation sites excluding steroid dienone is 1. The highest BCUT2D eigenvalue weighted by Crippen LogP contribution is 2.37. The molecule has 0 aliphatic carbocycles. The van der Waals surface area contributed by atoms with Gasteiger partial charge in [-0.15, -0.1) is 11.3 Å². The molecule has 2 aromatic carbocycles. The van der Waals surface area contributed by atoms with Crippen LogP contribution in [0.25, 0.3) is 27.7 Å². The van der Waals surface area contributed by atoms with Crippen molar-refractivity contribution in [3.63, 3.8) is 0 Å². The Hall–Kier alpha value is -3.84. The van der Waals surface area contributed by atoms with Crippen LogP contribution in [0.15, 0.2) is 70.7 Å². The summed E-state index contributed by atoms with van der Waals surface area (Å²) in [4.78, 5) is 25.0. The molecule has 0 aliphatic rings. The number of carbonyl (C=O) groups excluding carboxylic acids is 2. The van der Waals surface area contributed by atoms with E-state index in [1.54, 1.807) is 17.7 Å². The van der Waals surface area contributed by atoms with E-state index in [0.717, 1.165) is 22.1 Å². The lowest BCUT2D eigenvalue weighted by Crippen LogP contribution is -2.11. The Labute approximate surface area is 195 Å². The lowest BCUT2D eigenvalue weighted by molar-refractivity contribution is -0.111. The number of furan rings is 1. The molecule has 4 rings (SSSR count). The molecule has 0 saturated heterocycles. The molecule has 33 heavy (non-hydrogen) atoms. The van der Waals surface area contributed by atoms with Crippen molar-refractivity contribution in [1.29, 1.82) is 0 Å². The van der Waals surface area contributed by atoms with Crippen LogP contribution in [0.4, 0.5) is 5.69 Å². The molecule has 7 heteroatoms. The van der Waals surface area contributed by atoms with Crippen LogP contribution in [0.5, 0.6) is 5.75 Å². The van der Waals surface area contributed by atoms with Crippen molar-refractivity contribution in [2.24, 2.45) is 0 Å². The topological polar surface area (TPSA) is 77.8 Å². The van der Waals surface area contributed by atoms with Crippen LogP contribution in [-0.4, -0.2) is 25.6 Å². The monoisotopic (exact) mass is 461 g/mol. The fourth-order valence-electron chi connectivity index (χ4n) is 3.58. The summed E-state index contributed by atoms with van der Waals surface area (Å²) in [7, 11) is 1.31. The summed E-state index contributed by atoms with van der Waals surface area (Å²) in [5, 5.41) is 5.42. The van der Waals surface area contributed by atoms with Crippen LogP contribution in [0.2, 0.25) is 0 Å². The number of methoxy groups -OCH3 is 1. The maximum absolute atomic E-state index is 12.7. The van der Waals surface area contributed by atoms with Gasteiger partial charge in [-0.3, -0.25) is 4.79 Å². The standard InChI is InChI=1S/C26H23NO5S/c1-4-31-22-14-23-19(20(15-32-23)17-8-6-5-7-9-17)13-18(22)16(2)12-24(28)27-21-10-11-33-25(21)26(29)30-3/h5-15H,4H2,1-3H3,(H,27,28)/b16-12+. The van der Waals surface area contributed by atoms with Gasteiger partial charge in [-0.25, -0.2) is 4.79 Å². The molecular weight excluding hydrogens is 438 g/mol. The minimum absolute atomic E-state index is 0.347. The number of nitrogens with one attached hydrogen (secondary N) is 1. The first-order valence-electron chi connectivity index (χ1n) is 10.4. The number of amides is 1. The van der Waals surface area contributed by atoms with E-state index in [9.17, 15) is 9.59 Å². The quantitative estimate of drug-likeness (QED) is 0.255. The summed E-state index contributed by atoms with van der Waals surface area (Å²) < 4.78 is 16.4. The second-order valence-corrected chi connectivity index (χ2v) is 8.18. The number of ether oxygens (including phenoxy) is 2. The Kier molecular flexibility index (Phi) is 6.60. The lowest BCUT2D eigenvalue weighted by atomic mass is 9.99. The van der Waals surface area contributed by atoms with Crippen LogP contribution in [0.3, 0.4) is 0 Å². The van der Waals surface area contributed by atoms with Crippen LogP contribution in [0, 0.1) is 0 Å². The fourth-order valence-corrected chi connectivity index (χ4v) is 4.35. The molecule has 2 aromatic heterocycles. The number of esters is 1. The van der Waals surface area contributed by atoms with Crippen molar-refractivity contribution in [2.75, 3.05) is 19.0 Å². The normalized spacial score (nSPS) is 11.4. The van der Waals surface area contributed by atoms with E-state index < -0.39 is 5.97 Å². The first-order valence-corrected chi connectivity index (χ1v) is 11.3. The van der Waals surface area contributed by atoms with Gasteiger partial charge in [0.2, 0.25) is 5.91 Å². The molecule has 0 spiro atoms. The summed E-state index contributed by atoms with van der Waals surface area (Å²) >= 11 is 1.21. The second kappa shape index (κ2) is 9.75. The smallest absolute Gasteiger partial charge is 0.350 e. The third-order valence-corrected chi connectivity index (χ3v) is 6.02. The van der Waals surface area contributed by atoms with Crippen molar-refractivity contribution in [3.05, 3.63) is 76.7 Å². The first kappa shape index (κ1) is 22.4. The minimum Gasteiger partial charge on any atom is -0.493 e. The summed E-state index contributed by atoms with van der Waals surface area (Å²) in [6, 6.07) is 15.5. The first-order chi connectivity index (χ1) is 16.0. The van der Waals surface area contributed by atoms with Crippen molar-refractivity contribution < 1.29 is 23.5 Å². The van der Waals surface area contributed by atoms with Gasteiger partial charge in [0, 0.05) is 28.7 Å². The molecule has 0 bridgehead atoms. The zero-order valence-electron chi connectivity index (χ0n) is 18.5. The van der Waals surface area contributed by atoms with E-state index in [1.807, 2.05) is 56.3 Å². The third-order valence-electron chi connectivity index (χ3n) is 5.13. The van der Waals surface area contributed by atoms with Crippen LogP contribution in [0.1, 0.15) is 29.1 Å². The van der Waals surface area contributed by atoms with Gasteiger partial charge in [-0.2, -0.15) is 0 Å². The molecule has 0 aliphatic heterocycles. The number of rotatable bonds is 7. The van der Waals surface area contributed by atoms with Gasteiger partial charge < -0.3 is 19.2 Å². The van der Waals surface area contributed by atoms with Crippen LogP contribution >= 0.6 is 11.3 Å². The maximum atomic E-state index is 12.7. The molecule has 0 fully saturated rings. The summed E-state index contributed by atoms with van der Waals surface area (Å²) in [5.41, 5.74) is 4.64. The Morgan fingerprint density at radius 3 is 2.67 bits per heavy atom. The molecule has 4 aromatic rings. The molecular formula is C26H23NO5S. The van der Waals surface area contributed by atoms with E-state index in [2.05, 4.69) is 5.32 Å². The minimum atomic E-state index is -0.488. The largest absolute Gasteiger partial charge is 0.493 e. The highest BCUT2D eigenvalue weighted by Gasteiger charge is 2.17. The number of fused-ring (bicyclic) bond motifs is 1. The van der Waals surface area contributed by atoms with Crippen LogP contribution < -0.4 is 10.1 Å². The predicted molar refractivity (Wildman–Crippen MR) is 131 cm³/mol. The average molecular weight is 462 g/mol. The number of benzene rings is 2. The van der Waals surface area contributed by atoms with Gasteiger partial charge in [0.15, 0.2) is 0 Å². The molecule has 2 heterocycles. The molecule has 1 amide bonds. The van der Waals surface area contributed by atoms with Crippen molar-refractivity contribution in [1.82, 2.24) is 0 Å². The lowest BCUT2D eigenvalue weighted by Gasteiger charge is -2.12. The Bertz CT molecular complexity index is 1330. The average Bonchev–Trinajstić information content (AvgIpc) is 3.45. The Balaban J connectivity index is 1.70. The molecule has 0 radical (unpaired) electrons. The SMILES string of the molecule is CCOc1cc2occ(-c3ccccc3)c2cc1/C(C)=C/C(=O)Nc1ccsc1C(=O)OC. The van der Waals surface area contributed by atoms with E-state index in [1.165, 1.54) is 24.5 Å². The molecule has 0 saturated carbocycles. The van der Waals surface area contributed by atoms with Gasteiger partial charge in [-0.1, -0.05) is 30.3 Å². The molecule has 0 unspecified atom stereocenters. The maximum Gasteiger partial charge on any atom is 0.350 e. The summed E-state index contributed by atoms with van der Waals surface area (Å²) in [5.74, 6) is -0.209. The van der Waals surface area contributed by atoms with E-state index in [4.69, 9.17) is 13.9 Å². The van der Waals surface area contributed by atoms with Crippen molar-refractivity contribution >= 4 is 45.4 Å². The van der Waals surface area contributed by atoms with Gasteiger partial charge in [-0.05, 0) is 42.5 Å². The van der Waals surface area contributed by atoms with Gasteiger partial charge in [0.25, 0.3) is 0 Å². The number of anilines is 1. The number of carbonyl (C=O) groups is 2. The highest BCUT2D eigenvalue weighted by atomic mass is 32.1. The van der Waals surface area contributed by atoms with Crippen molar-refractivity contribution in [3.8, 4) is 16.9 Å². The molecule has 6 nitrogen and oxygen atoms in total. The molecule has 1 N–H and O–H groups in total. The number of hydrogen-bond acceptors (Lipinski definition) is 6. The van der Waals surface area contributed by atoms with E-state index in [-0.39, 0.29) is 5.91 Å². The predicted octanol–water partition coefficient (Wildman–Crippen LogP) is 6.39. The highest BCUT2D eigenvalue weighted by molar-refractivity contribution is 7.12. The Morgan fingerprint density at radius 2 is 1.94 bits per heavy atom. The van der Waals surface area contributed by atoms with Gasteiger partial charge >= 0.3 is 5.97 Å². The third kappa shape index (κ3) is 4.68. The van der Waals surface area contributed by atoms with Gasteiger partial charge in [0.05, 0.1) is 25.7 Å². The Morgan fingerprint density at radius 1 is 1.15 bits per heavy atom.